The van der Waals surface area contributed by atoms with Crippen LogP contribution in [0.3, 0.4) is 0 Å². The van der Waals surface area contributed by atoms with Crippen LogP contribution >= 0.6 is 15.9 Å². The molecule has 0 heterocycles. The lowest BCUT2D eigenvalue weighted by molar-refractivity contribution is 0.574. The normalized spacial score (nSPS) is 12.6. The summed E-state index contributed by atoms with van der Waals surface area (Å²) in [6.07, 6.45) is 13.3. The molecule has 0 aliphatic heterocycles. The van der Waals surface area contributed by atoms with Crippen LogP contribution in [0.1, 0.15) is 93.7 Å². The van der Waals surface area contributed by atoms with Crippen LogP contribution in [-0.4, -0.2) is 0 Å². The maximum atomic E-state index is 3.89. The molecule has 0 aliphatic rings. The maximum Gasteiger partial charge on any atom is 0.0395 e. The number of aryl methyl sites for hydroxylation is 2. The summed E-state index contributed by atoms with van der Waals surface area (Å²) in [5, 5.41) is 0. The van der Waals surface area contributed by atoms with E-state index in [9.17, 15) is 0 Å². The summed E-state index contributed by atoms with van der Waals surface area (Å²) in [6.45, 7) is 6.79. The predicted octanol–water partition coefficient (Wildman–Crippen LogP) is 7.39. The molecule has 1 unspecified atom stereocenters. The van der Waals surface area contributed by atoms with Crippen LogP contribution in [0.4, 0.5) is 0 Å². The smallest absolute Gasteiger partial charge is 0.0395 e. The average molecular weight is 353 g/mol. The molecule has 0 amide bonds. The number of rotatable bonds is 11. The van der Waals surface area contributed by atoms with E-state index < -0.39 is 0 Å². The van der Waals surface area contributed by atoms with Gasteiger partial charge in [-0.25, -0.2) is 0 Å². The number of benzene rings is 1. The minimum atomic E-state index is 0.532. The molecule has 0 radical (unpaired) electrons. The molecule has 1 aromatic carbocycles. The first-order chi connectivity index (χ1) is 10.2. The Morgan fingerprint density at radius 2 is 1.43 bits per heavy atom. The fourth-order valence-corrected chi connectivity index (χ4v) is 3.57. The van der Waals surface area contributed by atoms with Crippen molar-refractivity contribution in [3.63, 3.8) is 0 Å². The molecular weight excluding hydrogens is 320 g/mol. The van der Waals surface area contributed by atoms with Gasteiger partial charge >= 0.3 is 0 Å². The molecule has 1 atom stereocenters. The Morgan fingerprint density at radius 3 is 2.05 bits per heavy atom. The van der Waals surface area contributed by atoms with Crippen molar-refractivity contribution in [2.75, 3.05) is 0 Å². The van der Waals surface area contributed by atoms with E-state index in [1.807, 2.05) is 0 Å². The van der Waals surface area contributed by atoms with Gasteiger partial charge in [-0.15, -0.1) is 0 Å². The van der Waals surface area contributed by atoms with E-state index in [0.717, 1.165) is 12.8 Å². The topological polar surface area (TPSA) is 0 Å². The highest BCUT2D eigenvalue weighted by Gasteiger charge is 2.09. The molecule has 0 nitrogen and oxygen atoms in total. The van der Waals surface area contributed by atoms with Gasteiger partial charge in [0, 0.05) is 4.83 Å². The van der Waals surface area contributed by atoms with Gasteiger partial charge in [-0.05, 0) is 36.0 Å². The van der Waals surface area contributed by atoms with Crippen molar-refractivity contribution < 1.29 is 0 Å². The highest BCUT2D eigenvalue weighted by molar-refractivity contribution is 9.09. The SMILES string of the molecule is CCCCCCCCCC(Br)c1ccc(CC)c(CC)c1. The van der Waals surface area contributed by atoms with Crippen molar-refractivity contribution in [3.8, 4) is 0 Å². The third kappa shape index (κ3) is 7.00. The third-order valence-corrected chi connectivity index (χ3v) is 5.40. The fraction of sp³-hybridized carbons (Fsp3) is 0.700. The summed E-state index contributed by atoms with van der Waals surface area (Å²) in [7, 11) is 0. The number of alkyl halides is 1. The van der Waals surface area contributed by atoms with Crippen molar-refractivity contribution in [2.45, 2.75) is 89.8 Å². The first kappa shape index (κ1) is 18.7. The molecule has 0 bridgehead atoms. The highest BCUT2D eigenvalue weighted by Crippen LogP contribution is 2.30. The number of hydrogen-bond acceptors (Lipinski definition) is 0. The molecule has 0 saturated heterocycles. The molecule has 0 saturated carbocycles. The van der Waals surface area contributed by atoms with Crippen LogP contribution in [0.5, 0.6) is 0 Å². The minimum absolute atomic E-state index is 0.532. The molecule has 0 spiro atoms. The second kappa shape index (κ2) is 11.3. The van der Waals surface area contributed by atoms with Crippen molar-refractivity contribution in [3.05, 3.63) is 34.9 Å². The van der Waals surface area contributed by atoms with Gasteiger partial charge in [0.2, 0.25) is 0 Å². The third-order valence-electron chi connectivity index (χ3n) is 4.41. The molecule has 0 fully saturated rings. The minimum Gasteiger partial charge on any atom is -0.0839 e. The molecule has 0 aromatic heterocycles. The largest absolute Gasteiger partial charge is 0.0839 e. The summed E-state index contributed by atoms with van der Waals surface area (Å²) < 4.78 is 0. The Hall–Kier alpha value is -0.300. The van der Waals surface area contributed by atoms with Gasteiger partial charge in [-0.1, -0.05) is 99.8 Å². The van der Waals surface area contributed by atoms with Crippen LogP contribution < -0.4 is 0 Å². The molecule has 120 valence electrons. The quantitative estimate of drug-likeness (QED) is 0.287. The molecular formula is C20H33Br. The van der Waals surface area contributed by atoms with Gasteiger partial charge in [0.25, 0.3) is 0 Å². The van der Waals surface area contributed by atoms with Crippen molar-refractivity contribution >= 4 is 15.9 Å². The molecule has 0 aliphatic carbocycles. The second-order valence-corrected chi connectivity index (χ2v) is 7.22. The molecule has 21 heavy (non-hydrogen) atoms. The van der Waals surface area contributed by atoms with E-state index >= 15 is 0 Å². The molecule has 1 heteroatoms. The predicted molar refractivity (Wildman–Crippen MR) is 99.5 cm³/mol. The van der Waals surface area contributed by atoms with Gasteiger partial charge in [0.05, 0.1) is 0 Å². The second-order valence-electron chi connectivity index (χ2n) is 6.11. The summed E-state index contributed by atoms with van der Waals surface area (Å²) >= 11 is 3.89. The van der Waals surface area contributed by atoms with E-state index in [4.69, 9.17) is 0 Å². The van der Waals surface area contributed by atoms with Gasteiger partial charge in [0.15, 0.2) is 0 Å². The lowest BCUT2D eigenvalue weighted by atomic mass is 9.97. The first-order valence-corrected chi connectivity index (χ1v) is 9.90. The standard InChI is InChI=1S/C20H33Br/c1-4-7-8-9-10-11-12-13-20(21)19-15-14-17(5-2)18(6-3)16-19/h14-16,20H,4-13H2,1-3H3. The lowest BCUT2D eigenvalue weighted by Crippen LogP contribution is -1.96. The lowest BCUT2D eigenvalue weighted by Gasteiger charge is -2.14. The molecule has 1 rings (SSSR count). The Morgan fingerprint density at radius 1 is 0.810 bits per heavy atom. The Labute approximate surface area is 140 Å². The van der Waals surface area contributed by atoms with E-state index in [0.29, 0.717) is 4.83 Å². The van der Waals surface area contributed by atoms with Crippen molar-refractivity contribution in [1.29, 1.82) is 0 Å². The summed E-state index contributed by atoms with van der Waals surface area (Å²) in [5.41, 5.74) is 4.51. The maximum absolute atomic E-state index is 3.89. The van der Waals surface area contributed by atoms with Gasteiger partial charge in [-0.3, -0.25) is 0 Å². The van der Waals surface area contributed by atoms with Crippen molar-refractivity contribution in [1.82, 2.24) is 0 Å². The van der Waals surface area contributed by atoms with E-state index in [1.54, 1.807) is 0 Å². The van der Waals surface area contributed by atoms with Gasteiger partial charge < -0.3 is 0 Å². The fourth-order valence-electron chi connectivity index (χ4n) is 2.96. The highest BCUT2D eigenvalue weighted by atomic mass is 79.9. The van der Waals surface area contributed by atoms with E-state index in [2.05, 4.69) is 54.9 Å². The van der Waals surface area contributed by atoms with E-state index in [1.165, 1.54) is 68.1 Å². The summed E-state index contributed by atoms with van der Waals surface area (Å²) in [6, 6.07) is 7.06. The van der Waals surface area contributed by atoms with Crippen LogP contribution in [0.2, 0.25) is 0 Å². The van der Waals surface area contributed by atoms with Gasteiger partial charge in [0.1, 0.15) is 0 Å². The van der Waals surface area contributed by atoms with Crippen LogP contribution in [0.25, 0.3) is 0 Å². The Bertz CT molecular complexity index is 383. The van der Waals surface area contributed by atoms with Crippen molar-refractivity contribution in [2.24, 2.45) is 0 Å². The zero-order chi connectivity index (χ0) is 15.5. The number of unbranched alkanes of at least 4 members (excludes halogenated alkanes) is 6. The Kier molecular flexibility index (Phi) is 10.1. The number of hydrogen-bond donors (Lipinski definition) is 0. The van der Waals surface area contributed by atoms with Crippen LogP contribution in [0, 0.1) is 0 Å². The summed E-state index contributed by atoms with van der Waals surface area (Å²) in [5.74, 6) is 0. The monoisotopic (exact) mass is 352 g/mol. The first-order valence-electron chi connectivity index (χ1n) is 8.98. The van der Waals surface area contributed by atoms with E-state index in [-0.39, 0.29) is 0 Å². The van der Waals surface area contributed by atoms with Gasteiger partial charge in [-0.2, -0.15) is 0 Å². The summed E-state index contributed by atoms with van der Waals surface area (Å²) in [4.78, 5) is 0.532. The zero-order valence-corrected chi connectivity index (χ0v) is 15.8. The number of halogens is 1. The molecule has 0 N–H and O–H groups in total. The van der Waals surface area contributed by atoms with Crippen LogP contribution in [-0.2, 0) is 12.8 Å². The Balaban J connectivity index is 2.33. The molecule has 1 aromatic rings. The van der Waals surface area contributed by atoms with Crippen LogP contribution in [0.15, 0.2) is 18.2 Å². The zero-order valence-electron chi connectivity index (χ0n) is 14.3. The average Bonchev–Trinajstić information content (AvgIpc) is 2.53.